The predicted molar refractivity (Wildman–Crippen MR) is 99.3 cm³/mol. The number of nitrogens with zero attached hydrogens (tertiary/aromatic N) is 1. The van der Waals surface area contributed by atoms with E-state index < -0.39 is 16.0 Å². The lowest BCUT2D eigenvalue weighted by atomic mass is 10.1. The van der Waals surface area contributed by atoms with Gasteiger partial charge in [0, 0.05) is 13.1 Å². The fourth-order valence-corrected chi connectivity index (χ4v) is 4.83. The summed E-state index contributed by atoms with van der Waals surface area (Å²) in [5.41, 5.74) is 1.42. The highest BCUT2D eigenvalue weighted by molar-refractivity contribution is 7.89. The van der Waals surface area contributed by atoms with Gasteiger partial charge in [-0.05, 0) is 55.2 Å². The van der Waals surface area contributed by atoms with Crippen LogP contribution in [-0.4, -0.2) is 31.8 Å². The summed E-state index contributed by atoms with van der Waals surface area (Å²) in [5.74, 6) is -0.981. The second kappa shape index (κ2) is 8.19. The number of hydrogen-bond donors (Lipinski definition) is 0. The van der Waals surface area contributed by atoms with Crippen LogP contribution >= 0.6 is 0 Å². The molecule has 5 nitrogen and oxygen atoms in total. The Bertz CT molecular complexity index is 919. The Morgan fingerprint density at radius 1 is 1.07 bits per heavy atom. The van der Waals surface area contributed by atoms with Gasteiger partial charge in [-0.2, -0.15) is 4.31 Å². The first kappa shape index (κ1) is 19.5. The molecule has 0 aliphatic carbocycles. The van der Waals surface area contributed by atoms with Gasteiger partial charge >= 0.3 is 5.97 Å². The Morgan fingerprint density at radius 2 is 1.74 bits per heavy atom. The molecule has 0 saturated carbocycles. The average Bonchev–Trinajstić information content (AvgIpc) is 2.68. The van der Waals surface area contributed by atoms with E-state index in [2.05, 4.69) is 0 Å². The topological polar surface area (TPSA) is 63.7 Å². The maximum absolute atomic E-state index is 12.9. The molecule has 2 aromatic rings. The van der Waals surface area contributed by atoms with E-state index in [-0.39, 0.29) is 22.9 Å². The number of ether oxygens (including phenoxy) is 1. The van der Waals surface area contributed by atoms with Crippen LogP contribution in [0.2, 0.25) is 0 Å². The van der Waals surface area contributed by atoms with Crippen LogP contribution in [0.1, 0.15) is 40.7 Å². The van der Waals surface area contributed by atoms with E-state index >= 15 is 0 Å². The molecule has 0 atom stereocenters. The van der Waals surface area contributed by atoms with Gasteiger partial charge in [-0.3, -0.25) is 0 Å². The van der Waals surface area contributed by atoms with Crippen molar-refractivity contribution in [1.82, 2.24) is 4.31 Å². The second-order valence-electron chi connectivity index (χ2n) is 6.65. The maximum atomic E-state index is 12.9. The summed E-state index contributed by atoms with van der Waals surface area (Å²) in [5, 5.41) is 0. The number of carbonyl (C=O) groups is 1. The van der Waals surface area contributed by atoms with Gasteiger partial charge in [0.05, 0.1) is 10.5 Å². The van der Waals surface area contributed by atoms with Crippen molar-refractivity contribution in [3.05, 3.63) is 65.0 Å². The minimum atomic E-state index is -3.64. The molecule has 0 bridgehead atoms. The SMILES string of the molecule is Cc1ccc(C(=O)OCc2ccc(F)cc2)cc1S(=O)(=O)N1CCCCC1. The van der Waals surface area contributed by atoms with Crippen LogP contribution in [0.5, 0.6) is 0 Å². The number of hydrogen-bond acceptors (Lipinski definition) is 4. The molecule has 1 heterocycles. The minimum Gasteiger partial charge on any atom is -0.457 e. The summed E-state index contributed by atoms with van der Waals surface area (Å²) < 4.78 is 45.5. The van der Waals surface area contributed by atoms with Gasteiger partial charge in [0.1, 0.15) is 12.4 Å². The highest BCUT2D eigenvalue weighted by Gasteiger charge is 2.28. The minimum absolute atomic E-state index is 0.0127. The van der Waals surface area contributed by atoms with Crippen molar-refractivity contribution >= 4 is 16.0 Å². The Morgan fingerprint density at radius 3 is 2.41 bits per heavy atom. The van der Waals surface area contributed by atoms with Crippen molar-refractivity contribution in [2.75, 3.05) is 13.1 Å². The highest BCUT2D eigenvalue weighted by atomic mass is 32.2. The standard InChI is InChI=1S/C20H22FNO4S/c1-15-5-8-17(20(23)26-14-16-6-9-18(21)10-7-16)13-19(15)27(24,25)22-11-3-2-4-12-22/h5-10,13H,2-4,11-12,14H2,1H3. The summed E-state index contributed by atoms with van der Waals surface area (Å²) in [7, 11) is -3.64. The Labute approximate surface area is 158 Å². The summed E-state index contributed by atoms with van der Waals surface area (Å²) in [6.45, 7) is 2.70. The zero-order chi connectivity index (χ0) is 19.4. The molecule has 144 valence electrons. The van der Waals surface area contributed by atoms with Gasteiger partial charge in [-0.25, -0.2) is 17.6 Å². The van der Waals surface area contributed by atoms with Crippen molar-refractivity contribution < 1.29 is 22.3 Å². The van der Waals surface area contributed by atoms with Crippen molar-refractivity contribution in [3.63, 3.8) is 0 Å². The number of benzene rings is 2. The Balaban J connectivity index is 1.77. The molecule has 0 unspecified atom stereocenters. The van der Waals surface area contributed by atoms with E-state index in [9.17, 15) is 17.6 Å². The normalized spacial score (nSPS) is 15.5. The molecule has 0 amide bonds. The molecule has 0 spiro atoms. The van der Waals surface area contributed by atoms with Crippen LogP contribution in [0.15, 0.2) is 47.4 Å². The molecule has 0 aromatic heterocycles. The van der Waals surface area contributed by atoms with Crippen LogP contribution in [0.3, 0.4) is 0 Å². The first-order valence-electron chi connectivity index (χ1n) is 8.90. The molecule has 1 fully saturated rings. The summed E-state index contributed by atoms with van der Waals surface area (Å²) >= 11 is 0. The summed E-state index contributed by atoms with van der Waals surface area (Å²) in [6, 6.07) is 10.2. The number of esters is 1. The van der Waals surface area contributed by atoms with Gasteiger partial charge < -0.3 is 4.74 Å². The van der Waals surface area contributed by atoms with Crippen LogP contribution in [-0.2, 0) is 21.4 Å². The third kappa shape index (κ3) is 4.54. The van der Waals surface area contributed by atoms with E-state index in [1.165, 1.54) is 34.6 Å². The molecule has 3 rings (SSSR count). The van der Waals surface area contributed by atoms with Crippen LogP contribution in [0, 0.1) is 12.7 Å². The third-order valence-electron chi connectivity index (χ3n) is 4.64. The first-order valence-corrected chi connectivity index (χ1v) is 10.3. The predicted octanol–water partition coefficient (Wildman–Crippen LogP) is 3.67. The van der Waals surface area contributed by atoms with E-state index in [4.69, 9.17) is 4.74 Å². The molecule has 7 heteroatoms. The number of rotatable bonds is 5. The van der Waals surface area contributed by atoms with E-state index in [0.29, 0.717) is 24.2 Å². The van der Waals surface area contributed by atoms with Crippen molar-refractivity contribution in [2.45, 2.75) is 37.7 Å². The average molecular weight is 391 g/mol. The Kier molecular flexibility index (Phi) is 5.92. The molecule has 1 saturated heterocycles. The molecule has 1 aliphatic heterocycles. The highest BCUT2D eigenvalue weighted by Crippen LogP contribution is 2.24. The molecule has 0 N–H and O–H groups in total. The van der Waals surface area contributed by atoms with Gasteiger partial charge in [0.15, 0.2) is 0 Å². The zero-order valence-corrected chi connectivity index (χ0v) is 16.0. The molecule has 1 aliphatic rings. The van der Waals surface area contributed by atoms with Crippen LogP contribution < -0.4 is 0 Å². The Hall–Kier alpha value is -2.25. The molecule has 0 radical (unpaired) electrons. The lowest BCUT2D eigenvalue weighted by Crippen LogP contribution is -2.36. The second-order valence-corrected chi connectivity index (χ2v) is 8.55. The maximum Gasteiger partial charge on any atom is 0.338 e. The number of halogens is 1. The quantitative estimate of drug-likeness (QED) is 0.730. The molecular formula is C20H22FNO4S. The van der Waals surface area contributed by atoms with E-state index in [0.717, 1.165) is 19.3 Å². The smallest absolute Gasteiger partial charge is 0.338 e. The molecular weight excluding hydrogens is 369 g/mol. The van der Waals surface area contributed by atoms with Gasteiger partial charge in [0.2, 0.25) is 10.0 Å². The summed E-state index contributed by atoms with van der Waals surface area (Å²) in [6.07, 6.45) is 2.72. The van der Waals surface area contributed by atoms with Crippen LogP contribution in [0.25, 0.3) is 0 Å². The number of piperidine rings is 1. The summed E-state index contributed by atoms with van der Waals surface area (Å²) in [4.78, 5) is 12.5. The third-order valence-corrected chi connectivity index (χ3v) is 6.68. The van der Waals surface area contributed by atoms with Gasteiger partial charge in [-0.1, -0.05) is 24.6 Å². The van der Waals surface area contributed by atoms with Crippen molar-refractivity contribution in [3.8, 4) is 0 Å². The largest absolute Gasteiger partial charge is 0.457 e. The molecule has 2 aromatic carbocycles. The number of sulfonamides is 1. The first-order chi connectivity index (χ1) is 12.9. The van der Waals surface area contributed by atoms with E-state index in [1.807, 2.05) is 0 Å². The van der Waals surface area contributed by atoms with E-state index in [1.54, 1.807) is 19.1 Å². The molecule has 27 heavy (non-hydrogen) atoms. The van der Waals surface area contributed by atoms with Crippen LogP contribution in [0.4, 0.5) is 4.39 Å². The number of aryl methyl sites for hydroxylation is 1. The van der Waals surface area contributed by atoms with Gasteiger partial charge in [0.25, 0.3) is 0 Å². The monoisotopic (exact) mass is 391 g/mol. The lowest BCUT2D eigenvalue weighted by molar-refractivity contribution is 0.0472. The van der Waals surface area contributed by atoms with Crippen molar-refractivity contribution in [2.24, 2.45) is 0 Å². The zero-order valence-electron chi connectivity index (χ0n) is 15.2. The fourth-order valence-electron chi connectivity index (χ4n) is 3.06. The number of carbonyl (C=O) groups excluding carboxylic acids is 1. The van der Waals surface area contributed by atoms with Crippen molar-refractivity contribution in [1.29, 1.82) is 0 Å². The van der Waals surface area contributed by atoms with Gasteiger partial charge in [-0.15, -0.1) is 0 Å². The lowest BCUT2D eigenvalue weighted by Gasteiger charge is -2.26. The fraction of sp³-hybridized carbons (Fsp3) is 0.350.